The van der Waals surface area contributed by atoms with Crippen molar-refractivity contribution in [1.29, 1.82) is 0 Å². The molecule has 5 rings (SSSR count). The highest BCUT2D eigenvalue weighted by molar-refractivity contribution is 6.30. The van der Waals surface area contributed by atoms with Gasteiger partial charge in [-0.2, -0.15) is 0 Å². The number of benzene rings is 1. The van der Waals surface area contributed by atoms with E-state index in [1.165, 1.54) is 10.8 Å². The molecule has 1 aromatic carbocycles. The fourth-order valence-electron chi connectivity index (χ4n) is 5.19. The second-order valence-corrected chi connectivity index (χ2v) is 10.6. The van der Waals surface area contributed by atoms with Crippen LogP contribution in [0, 0.1) is 5.82 Å². The van der Waals surface area contributed by atoms with Crippen LogP contribution in [0.5, 0.6) is 0 Å². The smallest absolute Gasteiger partial charge is 0.410 e. The van der Waals surface area contributed by atoms with Gasteiger partial charge in [-0.3, -0.25) is 9.69 Å². The fraction of sp³-hybridized carbons (Fsp3) is 0.423. The average molecular weight is 499 g/mol. The number of nitrogens with zero attached hydrogens (tertiary/aromatic N) is 4. The van der Waals surface area contributed by atoms with Gasteiger partial charge in [-0.15, -0.1) is 0 Å². The lowest BCUT2D eigenvalue weighted by Crippen LogP contribution is -2.57. The number of pyridine rings is 2. The summed E-state index contributed by atoms with van der Waals surface area (Å²) in [5, 5.41) is 0.248. The zero-order valence-corrected chi connectivity index (χ0v) is 20.8. The van der Waals surface area contributed by atoms with Gasteiger partial charge in [-0.05, 0) is 39.2 Å². The topological polar surface area (TPSA) is 67.7 Å². The monoisotopic (exact) mass is 498 g/mol. The molecule has 9 heteroatoms. The molecule has 3 aromatic rings. The maximum atomic E-state index is 15.3. The Morgan fingerprint density at radius 1 is 1.17 bits per heavy atom. The molecule has 2 aliphatic heterocycles. The predicted molar refractivity (Wildman–Crippen MR) is 134 cm³/mol. The van der Waals surface area contributed by atoms with Gasteiger partial charge in [-0.1, -0.05) is 41.9 Å². The van der Waals surface area contributed by atoms with Crippen molar-refractivity contribution in [3.8, 4) is 0 Å². The van der Waals surface area contributed by atoms with Crippen molar-refractivity contribution in [2.75, 3.05) is 18.0 Å². The summed E-state index contributed by atoms with van der Waals surface area (Å²) in [6.45, 7) is 6.82. The van der Waals surface area contributed by atoms with Crippen LogP contribution in [0.25, 0.3) is 10.9 Å². The largest absolute Gasteiger partial charge is 0.444 e. The summed E-state index contributed by atoms with van der Waals surface area (Å²) >= 11 is 6.04. The number of piperazine rings is 1. The predicted octanol–water partition coefficient (Wildman–Crippen LogP) is 4.83. The standard InChI is InChI=1S/C26H28ClFN4O3/c1-26(2,3)35-25(34)32-17-9-10-18(32)15-30(14-17)20-11-21(33)31(13-16-7-5-4-6-8-16)23-19(20)12-29-24(27)22(23)28/h4-8,11-12,17-18H,9-10,13-15H2,1-3H3. The van der Waals surface area contributed by atoms with Crippen molar-refractivity contribution in [1.82, 2.24) is 14.5 Å². The number of hydrogen-bond donors (Lipinski definition) is 0. The lowest BCUT2D eigenvalue weighted by Gasteiger charge is -2.42. The van der Waals surface area contributed by atoms with Crippen LogP contribution in [-0.4, -0.2) is 51.3 Å². The van der Waals surface area contributed by atoms with Gasteiger partial charge in [0.1, 0.15) is 5.60 Å². The molecule has 2 saturated heterocycles. The summed E-state index contributed by atoms with van der Waals surface area (Å²) in [6.07, 6.45) is 2.91. The van der Waals surface area contributed by atoms with E-state index >= 15 is 4.39 Å². The minimum atomic E-state index is -0.714. The van der Waals surface area contributed by atoms with Crippen LogP contribution in [0.3, 0.4) is 0 Å². The molecule has 4 heterocycles. The number of anilines is 1. The number of ether oxygens (including phenoxy) is 1. The molecule has 2 unspecified atom stereocenters. The third-order valence-corrected chi connectivity index (χ3v) is 6.90. The van der Waals surface area contributed by atoms with Gasteiger partial charge >= 0.3 is 6.09 Å². The zero-order chi connectivity index (χ0) is 24.9. The van der Waals surface area contributed by atoms with E-state index in [1.54, 1.807) is 6.07 Å². The molecule has 7 nitrogen and oxygen atoms in total. The second kappa shape index (κ2) is 8.82. The van der Waals surface area contributed by atoms with Crippen molar-refractivity contribution in [3.05, 3.63) is 69.5 Å². The highest BCUT2D eigenvalue weighted by atomic mass is 35.5. The molecule has 2 atom stereocenters. The third-order valence-electron chi connectivity index (χ3n) is 6.63. The first kappa shape index (κ1) is 23.6. The molecule has 2 aliphatic rings. The van der Waals surface area contributed by atoms with E-state index in [0.717, 1.165) is 18.4 Å². The third kappa shape index (κ3) is 4.47. The van der Waals surface area contributed by atoms with Crippen molar-refractivity contribution in [3.63, 3.8) is 0 Å². The number of fused-ring (bicyclic) bond motifs is 3. The minimum Gasteiger partial charge on any atom is -0.444 e. The molecular formula is C26H28ClFN4O3. The van der Waals surface area contributed by atoms with Gasteiger partial charge in [0, 0.05) is 30.7 Å². The molecule has 2 bridgehead atoms. The molecule has 0 spiro atoms. The summed E-state index contributed by atoms with van der Waals surface area (Å²) in [4.78, 5) is 34.1. The first-order valence-electron chi connectivity index (χ1n) is 11.8. The van der Waals surface area contributed by atoms with Crippen LogP contribution in [0.1, 0.15) is 39.2 Å². The molecule has 0 aliphatic carbocycles. The number of hydrogen-bond acceptors (Lipinski definition) is 5. The first-order chi connectivity index (χ1) is 16.6. The van der Waals surface area contributed by atoms with Crippen LogP contribution in [0.15, 0.2) is 47.4 Å². The highest BCUT2D eigenvalue weighted by Crippen LogP contribution is 2.37. The van der Waals surface area contributed by atoms with E-state index in [1.807, 2.05) is 56.0 Å². The Morgan fingerprint density at radius 3 is 2.46 bits per heavy atom. The summed E-state index contributed by atoms with van der Waals surface area (Å²) in [5.41, 5.74) is 0.728. The molecule has 0 N–H and O–H groups in total. The number of halogens is 2. The van der Waals surface area contributed by atoms with Gasteiger partial charge in [0.25, 0.3) is 5.56 Å². The van der Waals surface area contributed by atoms with E-state index in [0.29, 0.717) is 24.2 Å². The molecule has 184 valence electrons. The molecular weight excluding hydrogens is 471 g/mol. The minimum absolute atomic E-state index is 0.0458. The molecule has 0 radical (unpaired) electrons. The van der Waals surface area contributed by atoms with Crippen molar-refractivity contribution in [2.24, 2.45) is 0 Å². The maximum Gasteiger partial charge on any atom is 0.410 e. The lowest BCUT2D eigenvalue weighted by atomic mass is 10.1. The van der Waals surface area contributed by atoms with Crippen molar-refractivity contribution < 1.29 is 13.9 Å². The van der Waals surface area contributed by atoms with Gasteiger partial charge in [0.2, 0.25) is 0 Å². The van der Waals surface area contributed by atoms with Gasteiger partial charge < -0.3 is 14.2 Å². The average Bonchev–Trinajstić information content (AvgIpc) is 3.07. The van der Waals surface area contributed by atoms with Crippen LogP contribution in [0.4, 0.5) is 14.9 Å². The molecule has 1 amide bonds. The first-order valence-corrected chi connectivity index (χ1v) is 12.2. The number of amides is 1. The van der Waals surface area contributed by atoms with E-state index < -0.39 is 11.4 Å². The number of rotatable bonds is 3. The Morgan fingerprint density at radius 2 is 1.83 bits per heavy atom. The van der Waals surface area contributed by atoms with Crippen LogP contribution < -0.4 is 10.5 Å². The van der Waals surface area contributed by atoms with Crippen LogP contribution in [-0.2, 0) is 11.3 Å². The summed E-state index contributed by atoms with van der Waals surface area (Å²) in [7, 11) is 0. The van der Waals surface area contributed by atoms with Crippen molar-refractivity contribution >= 4 is 34.3 Å². The number of carbonyl (C=O) groups excluding carboxylic acids is 1. The van der Waals surface area contributed by atoms with Gasteiger partial charge in [0.15, 0.2) is 11.0 Å². The number of aromatic nitrogens is 2. The van der Waals surface area contributed by atoms with E-state index in [2.05, 4.69) is 9.88 Å². The van der Waals surface area contributed by atoms with Gasteiger partial charge in [-0.25, -0.2) is 14.2 Å². The highest BCUT2D eigenvalue weighted by Gasteiger charge is 2.44. The van der Waals surface area contributed by atoms with E-state index in [9.17, 15) is 9.59 Å². The van der Waals surface area contributed by atoms with E-state index in [-0.39, 0.29) is 41.0 Å². The molecule has 0 saturated carbocycles. The molecule has 35 heavy (non-hydrogen) atoms. The lowest BCUT2D eigenvalue weighted by molar-refractivity contribution is 0.0123. The summed E-state index contributed by atoms with van der Waals surface area (Å²) < 4.78 is 22.4. The number of carbonyl (C=O) groups is 1. The summed E-state index contributed by atoms with van der Waals surface area (Å²) in [5.74, 6) is -0.714. The normalized spacial score (nSPS) is 19.9. The molecule has 2 fully saturated rings. The Balaban J connectivity index is 1.53. The SMILES string of the molecule is CC(C)(C)OC(=O)N1C2CCC1CN(c1cc(=O)n(Cc3ccccc3)c3c(F)c(Cl)ncc13)C2. The Labute approximate surface area is 208 Å². The van der Waals surface area contributed by atoms with Crippen LogP contribution in [0.2, 0.25) is 5.15 Å². The van der Waals surface area contributed by atoms with E-state index in [4.69, 9.17) is 16.3 Å². The quantitative estimate of drug-likeness (QED) is 0.484. The fourth-order valence-corrected chi connectivity index (χ4v) is 5.32. The Hall–Kier alpha value is -3.13. The molecule has 2 aromatic heterocycles. The Kier molecular flexibility index (Phi) is 5.95. The maximum absolute atomic E-state index is 15.3. The zero-order valence-electron chi connectivity index (χ0n) is 20.0. The summed E-state index contributed by atoms with van der Waals surface area (Å²) in [6, 6.07) is 10.9. The Bertz CT molecular complexity index is 1320. The van der Waals surface area contributed by atoms with Gasteiger partial charge in [0.05, 0.1) is 29.8 Å². The van der Waals surface area contributed by atoms with Crippen LogP contribution >= 0.6 is 11.6 Å². The second-order valence-electron chi connectivity index (χ2n) is 10.2. The van der Waals surface area contributed by atoms with Crippen molar-refractivity contribution in [2.45, 2.75) is 57.8 Å².